The average Bonchev–Trinajstić information content (AvgIpc) is 3.11. The van der Waals surface area contributed by atoms with Crippen LogP contribution in [0.15, 0.2) is 18.2 Å². The normalized spacial score (nSPS) is 15.8. The van der Waals surface area contributed by atoms with Gasteiger partial charge in [0.05, 0.1) is 12.7 Å². The minimum Gasteiger partial charge on any atom is -0.491 e. The zero-order valence-electron chi connectivity index (χ0n) is 10.5. The first-order valence-corrected chi connectivity index (χ1v) is 6.22. The molecular weight excluding hydrogens is 231 g/mol. The van der Waals surface area contributed by atoms with Gasteiger partial charge in [-0.25, -0.2) is 4.39 Å². The molecule has 4 heteroatoms. The maximum Gasteiger partial charge on any atom is 0.167 e. The average molecular weight is 248 g/mol. The van der Waals surface area contributed by atoms with Crippen molar-refractivity contribution in [1.82, 2.24) is 0 Å². The molecular formula is C14H17FN2O. The molecule has 96 valence electrons. The van der Waals surface area contributed by atoms with Crippen molar-refractivity contribution in [1.29, 1.82) is 5.26 Å². The van der Waals surface area contributed by atoms with E-state index < -0.39 is 0 Å². The number of nitrogens with one attached hydrogen (secondary N) is 1. The van der Waals surface area contributed by atoms with Gasteiger partial charge >= 0.3 is 0 Å². The quantitative estimate of drug-likeness (QED) is 0.839. The van der Waals surface area contributed by atoms with Gasteiger partial charge in [-0.2, -0.15) is 5.26 Å². The Balaban J connectivity index is 1.94. The first-order chi connectivity index (χ1) is 8.69. The summed E-state index contributed by atoms with van der Waals surface area (Å²) >= 11 is 0. The summed E-state index contributed by atoms with van der Waals surface area (Å²) in [5, 5.41) is 11.9. The second-order valence-corrected chi connectivity index (χ2v) is 4.77. The second-order valence-electron chi connectivity index (χ2n) is 4.77. The fraction of sp³-hybridized carbons (Fsp3) is 0.500. The molecule has 18 heavy (non-hydrogen) atoms. The van der Waals surface area contributed by atoms with Crippen LogP contribution in [-0.2, 0) is 0 Å². The minimum absolute atomic E-state index is 0.115. The summed E-state index contributed by atoms with van der Waals surface area (Å²) in [6.45, 7) is 3.01. The van der Waals surface area contributed by atoms with E-state index in [1.54, 1.807) is 12.1 Å². The number of hydrogen-bond acceptors (Lipinski definition) is 3. The highest BCUT2D eigenvalue weighted by Crippen LogP contribution is 2.48. The predicted molar refractivity (Wildman–Crippen MR) is 68.0 cm³/mol. The molecule has 1 aliphatic carbocycles. The molecule has 1 saturated carbocycles. The smallest absolute Gasteiger partial charge is 0.167 e. The van der Waals surface area contributed by atoms with Gasteiger partial charge in [-0.3, -0.25) is 0 Å². The molecule has 1 aromatic rings. The van der Waals surface area contributed by atoms with Crippen LogP contribution in [0.5, 0.6) is 5.75 Å². The van der Waals surface area contributed by atoms with Crippen LogP contribution in [0.25, 0.3) is 0 Å². The molecule has 0 atom stereocenters. The number of rotatable bonds is 6. The number of anilines is 1. The van der Waals surface area contributed by atoms with Crippen molar-refractivity contribution < 1.29 is 9.13 Å². The summed E-state index contributed by atoms with van der Waals surface area (Å²) in [6, 6.07) is 7.08. The van der Waals surface area contributed by atoms with Crippen LogP contribution < -0.4 is 10.1 Å². The Labute approximate surface area is 107 Å². The number of nitrogens with zero attached hydrogens (tertiary/aromatic N) is 1. The molecule has 2 rings (SSSR count). The molecule has 0 amide bonds. The highest BCUT2D eigenvalue weighted by molar-refractivity contribution is 5.47. The Kier molecular flexibility index (Phi) is 3.71. The van der Waals surface area contributed by atoms with Crippen molar-refractivity contribution >= 4 is 5.69 Å². The minimum atomic E-state index is -0.355. The van der Waals surface area contributed by atoms with E-state index in [2.05, 4.69) is 11.4 Å². The highest BCUT2D eigenvalue weighted by atomic mass is 19.1. The van der Waals surface area contributed by atoms with Crippen molar-refractivity contribution in [3.63, 3.8) is 0 Å². The van der Waals surface area contributed by atoms with Gasteiger partial charge in [0.15, 0.2) is 11.6 Å². The summed E-state index contributed by atoms with van der Waals surface area (Å²) in [4.78, 5) is 0. The van der Waals surface area contributed by atoms with Gasteiger partial charge in [0.25, 0.3) is 0 Å². The largest absolute Gasteiger partial charge is 0.491 e. The lowest BCUT2D eigenvalue weighted by atomic mass is 10.0. The molecule has 1 aliphatic rings. The van der Waals surface area contributed by atoms with Gasteiger partial charge in [0, 0.05) is 30.1 Å². The lowest BCUT2D eigenvalue weighted by molar-refractivity contribution is 0.321. The molecule has 3 nitrogen and oxygen atoms in total. The van der Waals surface area contributed by atoms with Crippen LogP contribution in [0, 0.1) is 22.6 Å². The first kappa shape index (κ1) is 12.7. The third-order valence-electron chi connectivity index (χ3n) is 3.31. The van der Waals surface area contributed by atoms with Crippen LogP contribution >= 0.6 is 0 Å². The third kappa shape index (κ3) is 2.92. The van der Waals surface area contributed by atoms with Crippen LogP contribution in [0.1, 0.15) is 26.2 Å². The number of ether oxygens (including phenoxy) is 1. The summed E-state index contributed by atoms with van der Waals surface area (Å²) in [5.41, 5.74) is 0.851. The molecule has 0 unspecified atom stereocenters. The van der Waals surface area contributed by atoms with Gasteiger partial charge in [-0.1, -0.05) is 0 Å². The van der Waals surface area contributed by atoms with E-state index in [1.807, 2.05) is 6.92 Å². The number of halogens is 1. The molecule has 0 aliphatic heterocycles. The number of nitriles is 1. The number of hydrogen-bond donors (Lipinski definition) is 1. The highest BCUT2D eigenvalue weighted by Gasteiger charge is 2.42. The predicted octanol–water partition coefficient (Wildman–Crippen LogP) is 3.33. The summed E-state index contributed by atoms with van der Waals surface area (Å²) in [7, 11) is 0. The second kappa shape index (κ2) is 5.26. The van der Waals surface area contributed by atoms with Crippen LogP contribution in [0.3, 0.4) is 0 Å². The van der Waals surface area contributed by atoms with Gasteiger partial charge in [-0.15, -0.1) is 0 Å². The topological polar surface area (TPSA) is 45.0 Å². The summed E-state index contributed by atoms with van der Waals surface area (Å²) < 4.78 is 18.7. The Morgan fingerprint density at radius 2 is 2.28 bits per heavy atom. The van der Waals surface area contributed by atoms with E-state index in [-0.39, 0.29) is 17.0 Å². The monoisotopic (exact) mass is 248 g/mol. The maximum absolute atomic E-state index is 13.6. The third-order valence-corrected chi connectivity index (χ3v) is 3.31. The summed E-state index contributed by atoms with van der Waals surface area (Å²) in [5.74, 6) is -0.0757. The standard InChI is InChI=1S/C14H17FN2O/c1-2-18-13-4-3-11(9-12(13)15)17-10-14(5-6-14)7-8-16/h3-4,9,17H,2,5-7,10H2,1H3. The SMILES string of the molecule is CCOc1ccc(NCC2(CC#N)CC2)cc1F. The zero-order valence-corrected chi connectivity index (χ0v) is 10.5. The Hall–Kier alpha value is -1.76. The van der Waals surface area contributed by atoms with Crippen LogP contribution in [0.4, 0.5) is 10.1 Å². The first-order valence-electron chi connectivity index (χ1n) is 6.22. The Bertz CT molecular complexity index is 463. The van der Waals surface area contributed by atoms with Gasteiger partial charge < -0.3 is 10.1 Å². The lowest BCUT2D eigenvalue weighted by Gasteiger charge is -2.14. The Morgan fingerprint density at radius 1 is 1.50 bits per heavy atom. The summed E-state index contributed by atoms with van der Waals surface area (Å²) in [6.07, 6.45) is 2.72. The van der Waals surface area contributed by atoms with Gasteiger partial charge in [-0.05, 0) is 31.9 Å². The van der Waals surface area contributed by atoms with Crippen LogP contribution in [0.2, 0.25) is 0 Å². The zero-order chi connectivity index (χ0) is 13.0. The molecule has 1 N–H and O–H groups in total. The van der Waals surface area contributed by atoms with Gasteiger partial charge in [0.1, 0.15) is 0 Å². The van der Waals surface area contributed by atoms with Crippen molar-refractivity contribution in [3.8, 4) is 11.8 Å². The molecule has 0 spiro atoms. The van der Waals surface area contributed by atoms with E-state index >= 15 is 0 Å². The fourth-order valence-corrected chi connectivity index (χ4v) is 1.93. The fourth-order valence-electron chi connectivity index (χ4n) is 1.93. The molecule has 0 aromatic heterocycles. The van der Waals surface area contributed by atoms with Crippen molar-refractivity contribution in [3.05, 3.63) is 24.0 Å². The van der Waals surface area contributed by atoms with E-state index in [1.165, 1.54) is 6.07 Å². The molecule has 1 aromatic carbocycles. The lowest BCUT2D eigenvalue weighted by Crippen LogP contribution is -2.14. The van der Waals surface area contributed by atoms with E-state index in [4.69, 9.17) is 10.00 Å². The number of benzene rings is 1. The van der Waals surface area contributed by atoms with Crippen molar-refractivity contribution in [2.24, 2.45) is 5.41 Å². The molecule has 0 bridgehead atoms. The molecule has 0 radical (unpaired) electrons. The van der Waals surface area contributed by atoms with Crippen molar-refractivity contribution in [2.45, 2.75) is 26.2 Å². The molecule has 0 heterocycles. The van der Waals surface area contributed by atoms with Gasteiger partial charge in [0.2, 0.25) is 0 Å². The molecule has 0 saturated heterocycles. The maximum atomic E-state index is 13.6. The van der Waals surface area contributed by atoms with E-state index in [0.717, 1.165) is 25.1 Å². The van der Waals surface area contributed by atoms with Crippen molar-refractivity contribution in [2.75, 3.05) is 18.5 Å². The van der Waals surface area contributed by atoms with E-state index in [0.29, 0.717) is 13.0 Å². The Morgan fingerprint density at radius 3 is 2.83 bits per heavy atom. The van der Waals surface area contributed by atoms with E-state index in [9.17, 15) is 4.39 Å². The molecule has 1 fully saturated rings. The van der Waals surface area contributed by atoms with Crippen LogP contribution in [-0.4, -0.2) is 13.2 Å².